The molecule has 140 valence electrons. The van der Waals surface area contributed by atoms with E-state index < -0.39 is 0 Å². The summed E-state index contributed by atoms with van der Waals surface area (Å²) in [7, 11) is 1.62. The van der Waals surface area contributed by atoms with Crippen molar-refractivity contribution in [2.24, 2.45) is 0 Å². The molecular formula is C19H20N4O2S2. The van der Waals surface area contributed by atoms with Crippen molar-refractivity contribution in [2.45, 2.75) is 17.8 Å². The molecule has 2 N–H and O–H groups in total. The number of benzene rings is 2. The Hall–Kier alpha value is -2.58. The Morgan fingerprint density at radius 2 is 1.93 bits per heavy atom. The summed E-state index contributed by atoms with van der Waals surface area (Å²) < 4.78 is 6.04. The van der Waals surface area contributed by atoms with Crippen LogP contribution < -0.4 is 15.4 Å². The van der Waals surface area contributed by atoms with Gasteiger partial charge in [-0.1, -0.05) is 65.1 Å². The molecule has 2 aromatic carbocycles. The third-order valence-electron chi connectivity index (χ3n) is 3.69. The minimum Gasteiger partial charge on any atom is -0.495 e. The number of anilines is 2. The first-order valence-electron chi connectivity index (χ1n) is 8.32. The fourth-order valence-electron chi connectivity index (χ4n) is 2.27. The third-order valence-corrected chi connectivity index (χ3v) is 5.66. The van der Waals surface area contributed by atoms with Gasteiger partial charge >= 0.3 is 0 Å². The van der Waals surface area contributed by atoms with Gasteiger partial charge in [-0.05, 0) is 24.6 Å². The molecule has 0 aliphatic rings. The number of methoxy groups -OCH3 is 1. The number of hydrogen-bond donors (Lipinski definition) is 2. The monoisotopic (exact) mass is 400 g/mol. The van der Waals surface area contributed by atoms with Gasteiger partial charge in [-0.15, -0.1) is 10.2 Å². The Balaban J connectivity index is 1.47. The van der Waals surface area contributed by atoms with Crippen molar-refractivity contribution in [2.75, 3.05) is 18.2 Å². The van der Waals surface area contributed by atoms with E-state index in [0.29, 0.717) is 17.4 Å². The van der Waals surface area contributed by atoms with Crippen LogP contribution in [0.2, 0.25) is 0 Å². The van der Waals surface area contributed by atoms with Crippen LogP contribution in [0, 0.1) is 6.92 Å². The van der Waals surface area contributed by atoms with Gasteiger partial charge in [-0.25, -0.2) is 0 Å². The van der Waals surface area contributed by atoms with E-state index in [4.69, 9.17) is 4.74 Å². The molecule has 0 fully saturated rings. The van der Waals surface area contributed by atoms with Crippen LogP contribution in [-0.2, 0) is 11.3 Å². The number of nitrogens with one attached hydrogen (secondary N) is 2. The maximum absolute atomic E-state index is 12.0. The molecule has 6 nitrogen and oxygen atoms in total. The maximum atomic E-state index is 12.0. The number of amides is 1. The van der Waals surface area contributed by atoms with Crippen LogP contribution in [0.15, 0.2) is 52.9 Å². The lowest BCUT2D eigenvalue weighted by Crippen LogP contribution is -2.24. The van der Waals surface area contributed by atoms with Crippen molar-refractivity contribution < 1.29 is 9.53 Å². The second kappa shape index (κ2) is 9.38. The molecule has 8 heteroatoms. The average molecular weight is 401 g/mol. The highest BCUT2D eigenvalue weighted by atomic mass is 32.2. The lowest BCUT2D eigenvalue weighted by atomic mass is 10.1. The average Bonchev–Trinajstić information content (AvgIpc) is 3.14. The van der Waals surface area contributed by atoms with Gasteiger partial charge in [0.15, 0.2) is 4.34 Å². The number of aromatic nitrogens is 2. The first-order chi connectivity index (χ1) is 13.1. The summed E-state index contributed by atoms with van der Waals surface area (Å²) in [5.74, 6) is 1.00. The number of para-hydroxylation sites is 2. The fourth-order valence-corrected chi connectivity index (χ4v) is 3.86. The van der Waals surface area contributed by atoms with Crippen LogP contribution in [0.25, 0.3) is 0 Å². The van der Waals surface area contributed by atoms with E-state index in [1.165, 1.54) is 28.7 Å². The minimum absolute atomic E-state index is 0.0324. The Bertz CT molecular complexity index is 897. The van der Waals surface area contributed by atoms with E-state index >= 15 is 0 Å². The molecule has 0 aliphatic carbocycles. The van der Waals surface area contributed by atoms with Crippen molar-refractivity contribution in [3.05, 3.63) is 59.7 Å². The van der Waals surface area contributed by atoms with Crippen LogP contribution in [-0.4, -0.2) is 29.0 Å². The summed E-state index contributed by atoms with van der Waals surface area (Å²) in [5.41, 5.74) is 3.11. The van der Waals surface area contributed by atoms with Crippen LogP contribution in [0.4, 0.5) is 10.8 Å². The number of ether oxygens (including phenoxy) is 1. The maximum Gasteiger partial charge on any atom is 0.230 e. The lowest BCUT2D eigenvalue weighted by Gasteiger charge is -2.07. The Kier molecular flexibility index (Phi) is 6.67. The van der Waals surface area contributed by atoms with E-state index in [-0.39, 0.29) is 5.91 Å². The highest BCUT2D eigenvalue weighted by Crippen LogP contribution is 2.31. The Morgan fingerprint density at radius 3 is 2.70 bits per heavy atom. The predicted molar refractivity (Wildman–Crippen MR) is 110 cm³/mol. The van der Waals surface area contributed by atoms with Crippen molar-refractivity contribution in [3.63, 3.8) is 0 Å². The zero-order valence-electron chi connectivity index (χ0n) is 15.1. The fraction of sp³-hybridized carbons (Fsp3) is 0.211. The number of rotatable bonds is 8. The molecule has 0 atom stereocenters. The number of carbonyl (C=O) groups excluding carboxylic acids is 1. The Labute approximate surface area is 166 Å². The van der Waals surface area contributed by atoms with Gasteiger partial charge in [0.05, 0.1) is 18.6 Å². The topological polar surface area (TPSA) is 76.1 Å². The molecule has 0 saturated heterocycles. The number of nitrogens with zero attached hydrogens (tertiary/aromatic N) is 2. The van der Waals surface area contributed by atoms with Crippen molar-refractivity contribution in [3.8, 4) is 5.75 Å². The zero-order chi connectivity index (χ0) is 19.1. The molecule has 27 heavy (non-hydrogen) atoms. The molecule has 0 unspecified atom stereocenters. The molecule has 1 amide bonds. The summed E-state index contributed by atoms with van der Waals surface area (Å²) in [4.78, 5) is 12.0. The molecule has 3 aromatic rings. The largest absolute Gasteiger partial charge is 0.495 e. The quantitative estimate of drug-likeness (QED) is 0.557. The molecule has 0 radical (unpaired) electrons. The number of aryl methyl sites for hydroxylation is 1. The first kappa shape index (κ1) is 19.2. The van der Waals surface area contributed by atoms with Crippen molar-refractivity contribution >= 4 is 39.8 Å². The van der Waals surface area contributed by atoms with Crippen LogP contribution in [0.3, 0.4) is 0 Å². The van der Waals surface area contributed by atoms with Crippen LogP contribution in [0.1, 0.15) is 11.1 Å². The molecule has 0 aliphatic heterocycles. The van der Waals surface area contributed by atoms with Gasteiger partial charge in [0, 0.05) is 6.54 Å². The van der Waals surface area contributed by atoms with E-state index in [1.807, 2.05) is 55.5 Å². The number of hydrogen-bond acceptors (Lipinski definition) is 7. The summed E-state index contributed by atoms with van der Waals surface area (Å²) >= 11 is 2.77. The molecule has 1 aromatic heterocycles. The van der Waals surface area contributed by atoms with Gasteiger partial charge in [-0.2, -0.15) is 0 Å². The third kappa shape index (κ3) is 5.70. The molecule has 0 bridgehead atoms. The highest BCUT2D eigenvalue weighted by Gasteiger charge is 2.10. The molecular weight excluding hydrogens is 380 g/mol. The Morgan fingerprint density at radius 1 is 1.15 bits per heavy atom. The van der Waals surface area contributed by atoms with E-state index in [0.717, 1.165) is 21.3 Å². The molecule has 0 saturated carbocycles. The zero-order valence-corrected chi connectivity index (χ0v) is 16.7. The summed E-state index contributed by atoms with van der Waals surface area (Å²) in [6.07, 6.45) is 0. The highest BCUT2D eigenvalue weighted by molar-refractivity contribution is 8.01. The minimum atomic E-state index is -0.0324. The van der Waals surface area contributed by atoms with Crippen LogP contribution in [0.5, 0.6) is 5.75 Å². The van der Waals surface area contributed by atoms with Gasteiger partial charge < -0.3 is 15.4 Å². The van der Waals surface area contributed by atoms with Gasteiger partial charge in [-0.3, -0.25) is 4.79 Å². The van der Waals surface area contributed by atoms with Crippen molar-refractivity contribution in [1.82, 2.24) is 15.5 Å². The van der Waals surface area contributed by atoms with Crippen molar-refractivity contribution in [1.29, 1.82) is 0 Å². The smallest absolute Gasteiger partial charge is 0.230 e. The number of thioether (sulfide) groups is 1. The second-order valence-electron chi connectivity index (χ2n) is 5.75. The molecule has 3 rings (SSSR count). The second-order valence-corrected chi connectivity index (χ2v) is 7.95. The molecule has 1 heterocycles. The van der Waals surface area contributed by atoms with E-state index in [9.17, 15) is 4.79 Å². The van der Waals surface area contributed by atoms with E-state index in [1.54, 1.807) is 7.11 Å². The molecule has 0 spiro atoms. The van der Waals surface area contributed by atoms with Crippen LogP contribution >= 0.6 is 23.1 Å². The normalized spacial score (nSPS) is 10.4. The standard InChI is InChI=1S/C19H20N4O2S2/c1-13-7-9-14(10-8-13)11-20-17(24)12-26-19-23-22-18(27-19)21-15-5-3-4-6-16(15)25-2/h3-10H,11-12H2,1-2H3,(H,20,24)(H,21,22). The van der Waals surface area contributed by atoms with Gasteiger partial charge in [0.2, 0.25) is 11.0 Å². The summed E-state index contributed by atoms with van der Waals surface area (Å²) in [6.45, 7) is 2.56. The number of carbonyl (C=O) groups is 1. The SMILES string of the molecule is COc1ccccc1Nc1nnc(SCC(=O)NCc2ccc(C)cc2)s1. The first-order valence-corrected chi connectivity index (χ1v) is 10.1. The predicted octanol–water partition coefficient (Wildman–Crippen LogP) is 4.01. The van der Waals surface area contributed by atoms with Gasteiger partial charge in [0.1, 0.15) is 5.75 Å². The van der Waals surface area contributed by atoms with E-state index in [2.05, 4.69) is 20.8 Å². The van der Waals surface area contributed by atoms with Gasteiger partial charge in [0.25, 0.3) is 0 Å². The summed E-state index contributed by atoms with van der Waals surface area (Å²) in [6, 6.07) is 15.7. The summed E-state index contributed by atoms with van der Waals surface area (Å²) in [5, 5.41) is 15.0. The lowest BCUT2D eigenvalue weighted by molar-refractivity contribution is -0.118.